The number of benzene rings is 4. The normalized spacial score (nSPS) is 16.3. The molecule has 216 valence electrons. The second kappa shape index (κ2) is 14.5. The third kappa shape index (κ3) is 8.03. The summed E-state index contributed by atoms with van der Waals surface area (Å²) in [6.07, 6.45) is 8.99. The maximum Gasteiger partial charge on any atom is 0.0236 e. The van der Waals surface area contributed by atoms with Gasteiger partial charge in [-0.25, -0.2) is 4.31 Å². The number of likely N-dealkylation sites (tertiary alicyclic amines) is 1. The summed E-state index contributed by atoms with van der Waals surface area (Å²) in [4.78, 5) is 4.07. The van der Waals surface area contributed by atoms with Gasteiger partial charge in [-0.15, -0.1) is 0 Å². The molecule has 0 radical (unpaired) electrons. The summed E-state index contributed by atoms with van der Waals surface area (Å²) in [6, 6.07) is 35.7. The van der Waals surface area contributed by atoms with Crippen molar-refractivity contribution in [2.24, 2.45) is 5.92 Å². The number of piperidine rings is 1. The zero-order valence-electron chi connectivity index (χ0n) is 25.4. The van der Waals surface area contributed by atoms with Crippen molar-refractivity contribution in [3.8, 4) is 0 Å². The van der Waals surface area contributed by atoms with Crippen LogP contribution in [0.4, 0.5) is 0 Å². The third-order valence-corrected chi connectivity index (χ3v) is 10.3. The van der Waals surface area contributed by atoms with Gasteiger partial charge < -0.3 is 4.90 Å². The number of fused-ring (bicyclic) bond motifs is 1. The first-order chi connectivity index (χ1) is 20.0. The number of nitrogens with zero attached hydrogens (tertiary/aromatic N) is 2. The van der Waals surface area contributed by atoms with Crippen LogP contribution < -0.4 is 0 Å². The van der Waals surface area contributed by atoms with Crippen LogP contribution in [0.1, 0.15) is 62.1 Å². The Morgan fingerprint density at radius 2 is 1.56 bits per heavy atom. The lowest BCUT2D eigenvalue weighted by Gasteiger charge is -2.40. The third-order valence-electron chi connectivity index (χ3n) is 9.44. The van der Waals surface area contributed by atoms with Gasteiger partial charge in [0.2, 0.25) is 0 Å². The van der Waals surface area contributed by atoms with Crippen molar-refractivity contribution in [2.75, 3.05) is 33.2 Å². The summed E-state index contributed by atoms with van der Waals surface area (Å²) in [5.41, 5.74) is 4.58. The molecule has 0 amide bonds. The highest BCUT2D eigenvalue weighted by atomic mass is 32.2. The highest BCUT2D eigenvalue weighted by Gasteiger charge is 2.34. The van der Waals surface area contributed by atoms with Crippen LogP contribution in [0.15, 0.2) is 102 Å². The molecule has 0 bridgehead atoms. The maximum absolute atomic E-state index is 2.76. The molecule has 1 saturated heterocycles. The van der Waals surface area contributed by atoms with Gasteiger partial charge in [0.05, 0.1) is 0 Å². The fraction of sp³-hybridized carbons (Fsp3) is 0.421. The topological polar surface area (TPSA) is 6.48 Å². The predicted molar refractivity (Wildman–Crippen MR) is 179 cm³/mol. The molecule has 0 aromatic heterocycles. The van der Waals surface area contributed by atoms with E-state index in [1.54, 1.807) is 0 Å². The molecule has 1 fully saturated rings. The molecule has 4 aromatic rings. The molecule has 0 aliphatic carbocycles. The summed E-state index contributed by atoms with van der Waals surface area (Å²) >= 11 is 1.89. The summed E-state index contributed by atoms with van der Waals surface area (Å²) in [5.74, 6) is 0.895. The van der Waals surface area contributed by atoms with Crippen LogP contribution >= 0.6 is 11.9 Å². The van der Waals surface area contributed by atoms with Gasteiger partial charge in [-0.05, 0) is 130 Å². The van der Waals surface area contributed by atoms with E-state index in [0.717, 1.165) is 18.9 Å². The van der Waals surface area contributed by atoms with Gasteiger partial charge in [0.25, 0.3) is 0 Å². The van der Waals surface area contributed by atoms with Crippen molar-refractivity contribution >= 4 is 22.7 Å². The SMILES string of the molecule is CCC(CCN1CCC(CCCc2ccccc2)CC1)(CN(C)Sc1ccc2ccccc2c1)c1ccccc1C. The van der Waals surface area contributed by atoms with Crippen LogP contribution in [0.5, 0.6) is 0 Å². The predicted octanol–water partition coefficient (Wildman–Crippen LogP) is 9.56. The monoisotopic (exact) mass is 564 g/mol. The standard InChI is InChI=1S/C38H48N2S/c1-4-38(37-20-11-8-13-31(37)2,30-39(3)41-36-22-21-34-18-9-10-19-35(34)29-36)25-28-40-26-23-33(24-27-40)17-12-16-32-14-6-5-7-15-32/h5-11,13-15,18-22,29,33H,4,12,16-17,23-28,30H2,1-3H3. The van der Waals surface area contributed by atoms with Crippen molar-refractivity contribution in [2.45, 2.75) is 69.1 Å². The Morgan fingerprint density at radius 1 is 0.854 bits per heavy atom. The Hall–Kier alpha value is -2.59. The van der Waals surface area contributed by atoms with Crippen molar-refractivity contribution in [1.82, 2.24) is 9.21 Å². The van der Waals surface area contributed by atoms with Crippen molar-refractivity contribution in [3.63, 3.8) is 0 Å². The number of hydrogen-bond acceptors (Lipinski definition) is 3. The molecule has 0 saturated carbocycles. The van der Waals surface area contributed by atoms with E-state index in [-0.39, 0.29) is 5.41 Å². The lowest BCUT2D eigenvalue weighted by molar-refractivity contribution is 0.157. The molecule has 1 unspecified atom stereocenters. The first kappa shape index (κ1) is 29.9. The first-order valence-corrected chi connectivity index (χ1v) is 16.5. The minimum Gasteiger partial charge on any atom is -0.303 e. The van der Waals surface area contributed by atoms with Gasteiger partial charge >= 0.3 is 0 Å². The van der Waals surface area contributed by atoms with Crippen LogP contribution in [0.3, 0.4) is 0 Å². The van der Waals surface area contributed by atoms with E-state index in [1.165, 1.54) is 90.5 Å². The summed E-state index contributed by atoms with van der Waals surface area (Å²) in [6.45, 7) is 9.45. The van der Waals surface area contributed by atoms with E-state index in [2.05, 4.69) is 127 Å². The molecule has 0 spiro atoms. The number of likely N-dealkylation sites (N-methyl/N-ethyl adjacent to an activating group) is 1. The lowest BCUT2D eigenvalue weighted by atomic mass is 9.73. The number of aryl methyl sites for hydroxylation is 2. The number of hydrogen-bond donors (Lipinski definition) is 0. The van der Waals surface area contributed by atoms with E-state index in [0.29, 0.717) is 0 Å². The zero-order valence-corrected chi connectivity index (χ0v) is 26.2. The van der Waals surface area contributed by atoms with E-state index < -0.39 is 0 Å². The van der Waals surface area contributed by atoms with Crippen LogP contribution in [-0.4, -0.2) is 42.4 Å². The largest absolute Gasteiger partial charge is 0.303 e. The fourth-order valence-corrected chi connectivity index (χ4v) is 7.90. The molecule has 0 N–H and O–H groups in total. The van der Waals surface area contributed by atoms with Gasteiger partial charge in [-0.1, -0.05) is 98.3 Å². The summed E-state index contributed by atoms with van der Waals surface area (Å²) in [5, 5.41) is 2.62. The Kier molecular flexibility index (Phi) is 10.6. The summed E-state index contributed by atoms with van der Waals surface area (Å²) in [7, 11) is 2.28. The molecule has 41 heavy (non-hydrogen) atoms. The van der Waals surface area contributed by atoms with Gasteiger partial charge in [0.1, 0.15) is 0 Å². The fourth-order valence-electron chi connectivity index (χ4n) is 6.92. The molecule has 4 aromatic carbocycles. The molecule has 5 rings (SSSR count). The first-order valence-electron chi connectivity index (χ1n) is 15.7. The van der Waals surface area contributed by atoms with Gasteiger partial charge in [-0.2, -0.15) is 0 Å². The zero-order chi connectivity index (χ0) is 28.5. The minimum atomic E-state index is 0.135. The lowest BCUT2D eigenvalue weighted by Crippen LogP contribution is -2.42. The average molecular weight is 565 g/mol. The molecule has 1 aliphatic heterocycles. The Labute approximate surface area is 253 Å². The molecule has 1 heterocycles. The van der Waals surface area contributed by atoms with E-state index >= 15 is 0 Å². The Balaban J connectivity index is 1.19. The Bertz CT molecular complexity index is 1360. The second-order valence-corrected chi connectivity index (χ2v) is 13.5. The summed E-state index contributed by atoms with van der Waals surface area (Å²) < 4.78 is 2.49. The van der Waals surface area contributed by atoms with Crippen LogP contribution in [0.2, 0.25) is 0 Å². The molecule has 2 nitrogen and oxygen atoms in total. The van der Waals surface area contributed by atoms with Crippen molar-refractivity contribution < 1.29 is 0 Å². The molecule has 1 atom stereocenters. The van der Waals surface area contributed by atoms with Crippen LogP contribution in [-0.2, 0) is 11.8 Å². The van der Waals surface area contributed by atoms with E-state index in [1.807, 2.05) is 11.9 Å². The minimum absolute atomic E-state index is 0.135. The average Bonchev–Trinajstić information content (AvgIpc) is 3.01. The smallest absolute Gasteiger partial charge is 0.0236 e. The van der Waals surface area contributed by atoms with Gasteiger partial charge in [-0.3, -0.25) is 0 Å². The Morgan fingerprint density at radius 3 is 2.32 bits per heavy atom. The second-order valence-electron chi connectivity index (χ2n) is 12.2. The van der Waals surface area contributed by atoms with Crippen LogP contribution in [0, 0.1) is 12.8 Å². The highest BCUT2D eigenvalue weighted by Crippen LogP contribution is 2.38. The van der Waals surface area contributed by atoms with E-state index in [4.69, 9.17) is 0 Å². The van der Waals surface area contributed by atoms with Crippen molar-refractivity contribution in [3.05, 3.63) is 114 Å². The molecular weight excluding hydrogens is 516 g/mol. The van der Waals surface area contributed by atoms with Crippen molar-refractivity contribution in [1.29, 1.82) is 0 Å². The van der Waals surface area contributed by atoms with Gasteiger partial charge in [0, 0.05) is 16.9 Å². The van der Waals surface area contributed by atoms with Crippen LogP contribution in [0.25, 0.3) is 10.8 Å². The van der Waals surface area contributed by atoms with Gasteiger partial charge in [0.15, 0.2) is 0 Å². The quantitative estimate of drug-likeness (QED) is 0.149. The maximum atomic E-state index is 2.76. The highest BCUT2D eigenvalue weighted by molar-refractivity contribution is 7.97. The van der Waals surface area contributed by atoms with E-state index in [9.17, 15) is 0 Å². The molecule has 3 heteroatoms. The molecule has 1 aliphatic rings. The number of rotatable bonds is 13. The molecular formula is C38H48N2S.